The molecule has 0 nitrogen and oxygen atoms in total. The molecule has 0 radical (unpaired) electrons. The Hall–Kier alpha value is -1.04. The molecule has 3 rings (SSSR count). The van der Waals surface area contributed by atoms with Crippen LogP contribution in [0.25, 0.3) is 23.3 Å². The first-order valence-electron chi connectivity index (χ1n) is 2.82. The van der Waals surface area contributed by atoms with Crippen LogP contribution < -0.4 is 0 Å². The summed E-state index contributed by atoms with van der Waals surface area (Å²) in [5, 5.41) is 0. The van der Waals surface area contributed by atoms with Crippen LogP contribution in [0.3, 0.4) is 0 Å². The molecule has 0 fully saturated rings. The van der Waals surface area contributed by atoms with Crippen molar-refractivity contribution in [1.82, 2.24) is 0 Å². The summed E-state index contributed by atoms with van der Waals surface area (Å²) in [6, 6.07) is 4.45. The third-order valence-corrected chi connectivity index (χ3v) is 1.93. The minimum absolute atomic E-state index is 1.44. The molecule has 0 aliphatic heterocycles. The van der Waals surface area contributed by atoms with Gasteiger partial charge in [-0.3, -0.25) is 0 Å². The second-order valence-electron chi connectivity index (χ2n) is 2.36. The van der Waals surface area contributed by atoms with E-state index in [2.05, 4.69) is 24.3 Å². The fraction of sp³-hybridized carbons (Fsp3) is 0. The van der Waals surface area contributed by atoms with E-state index in [9.17, 15) is 0 Å². The highest BCUT2D eigenvalue weighted by Crippen LogP contribution is 2.47. The number of hydrogen-bond acceptors (Lipinski definition) is 0. The summed E-state index contributed by atoms with van der Waals surface area (Å²) in [4.78, 5) is 0. The van der Waals surface area contributed by atoms with Crippen LogP contribution in [0, 0.1) is 0 Å². The Morgan fingerprint density at radius 2 is 1.50 bits per heavy atom. The zero-order valence-electron chi connectivity index (χ0n) is 4.31. The van der Waals surface area contributed by atoms with Crippen molar-refractivity contribution in [2.45, 2.75) is 0 Å². The Kier molecular flexibility index (Phi) is 0.252. The van der Waals surface area contributed by atoms with Crippen LogP contribution in [0.15, 0.2) is 12.1 Å². The highest BCUT2D eigenvalue weighted by molar-refractivity contribution is 6.04. The zero-order valence-corrected chi connectivity index (χ0v) is 4.31. The van der Waals surface area contributed by atoms with Crippen LogP contribution in [0.2, 0.25) is 0 Å². The maximum absolute atomic E-state index is 2.22. The molecule has 0 heteroatoms. The molecule has 3 aliphatic rings. The lowest BCUT2D eigenvalue weighted by molar-refractivity contribution is 1.51. The van der Waals surface area contributed by atoms with Gasteiger partial charge in [-0.05, 0) is 34.4 Å². The molecular formula is C8H4. The van der Waals surface area contributed by atoms with Crippen LogP contribution in [0.4, 0.5) is 0 Å². The highest BCUT2D eigenvalue weighted by Gasteiger charge is 2.23. The normalized spacial score (nSPS) is 15.0. The molecular weight excluding hydrogens is 96.1 g/mol. The van der Waals surface area contributed by atoms with Crippen molar-refractivity contribution in [2.24, 2.45) is 0 Å². The fourth-order valence-electron chi connectivity index (χ4n) is 1.45. The second kappa shape index (κ2) is 0.655. The number of benzene rings is 1. The first-order valence-corrected chi connectivity index (χ1v) is 2.82. The lowest BCUT2D eigenvalue weighted by Crippen LogP contribution is -1.95. The van der Waals surface area contributed by atoms with Crippen LogP contribution in [0.1, 0.15) is 11.1 Å². The third-order valence-electron chi connectivity index (χ3n) is 1.93. The lowest BCUT2D eigenvalue weighted by atomic mass is 9.86. The van der Waals surface area contributed by atoms with Crippen LogP contribution in [-0.4, -0.2) is 0 Å². The van der Waals surface area contributed by atoms with Gasteiger partial charge in [-0.25, -0.2) is 0 Å². The highest BCUT2D eigenvalue weighted by atomic mass is 14.3. The van der Waals surface area contributed by atoms with E-state index in [0.29, 0.717) is 0 Å². The average molecular weight is 100 g/mol. The molecule has 0 heterocycles. The first-order chi connectivity index (χ1) is 3.95. The molecule has 0 atom stereocenters. The van der Waals surface area contributed by atoms with E-state index >= 15 is 0 Å². The van der Waals surface area contributed by atoms with Gasteiger partial charge in [0.25, 0.3) is 0 Å². The number of hydrogen-bond donors (Lipinski definition) is 0. The van der Waals surface area contributed by atoms with E-state index in [1.807, 2.05) is 0 Å². The molecule has 0 aromatic heterocycles. The van der Waals surface area contributed by atoms with Crippen molar-refractivity contribution in [3.05, 3.63) is 23.3 Å². The average Bonchev–Trinajstić information content (AvgIpc) is 2.02. The fourth-order valence-corrected chi connectivity index (χ4v) is 1.45. The van der Waals surface area contributed by atoms with Crippen molar-refractivity contribution in [3.8, 4) is 11.1 Å². The Labute approximate surface area is 47.5 Å². The molecule has 0 saturated carbocycles. The largest absolute Gasteiger partial charge is 0.0537 e. The van der Waals surface area contributed by atoms with Gasteiger partial charge in [0.1, 0.15) is 0 Å². The van der Waals surface area contributed by atoms with Crippen molar-refractivity contribution in [1.29, 1.82) is 0 Å². The minimum atomic E-state index is 1.44. The molecule has 36 valence electrons. The maximum Gasteiger partial charge on any atom is -0.00380 e. The van der Waals surface area contributed by atoms with Gasteiger partial charge in [0.2, 0.25) is 0 Å². The number of rotatable bonds is 0. The molecule has 0 aromatic carbocycles. The molecule has 0 amide bonds. The molecule has 8 heavy (non-hydrogen) atoms. The van der Waals surface area contributed by atoms with E-state index in [0.717, 1.165) is 0 Å². The summed E-state index contributed by atoms with van der Waals surface area (Å²) >= 11 is 0. The van der Waals surface area contributed by atoms with E-state index in [1.165, 1.54) is 22.3 Å². The van der Waals surface area contributed by atoms with Gasteiger partial charge in [-0.2, -0.15) is 0 Å². The van der Waals surface area contributed by atoms with Gasteiger partial charge in [0, 0.05) is 0 Å². The summed E-state index contributed by atoms with van der Waals surface area (Å²) in [7, 11) is 0. The molecule has 0 spiro atoms. The summed E-state index contributed by atoms with van der Waals surface area (Å²) in [6.07, 6.45) is 4.36. The van der Waals surface area contributed by atoms with Gasteiger partial charge in [0.15, 0.2) is 0 Å². The minimum Gasteiger partial charge on any atom is -0.0537 e. The van der Waals surface area contributed by atoms with E-state index < -0.39 is 0 Å². The molecule has 0 N–H and O–H groups in total. The Balaban J connectivity index is 2.68. The smallest absolute Gasteiger partial charge is 0.00380 e. The Morgan fingerprint density at radius 3 is 1.88 bits per heavy atom. The van der Waals surface area contributed by atoms with Crippen LogP contribution in [0.5, 0.6) is 0 Å². The van der Waals surface area contributed by atoms with Crippen molar-refractivity contribution in [3.63, 3.8) is 0 Å². The molecule has 3 aliphatic carbocycles. The van der Waals surface area contributed by atoms with Crippen molar-refractivity contribution in [2.75, 3.05) is 0 Å². The molecule has 0 unspecified atom stereocenters. The van der Waals surface area contributed by atoms with E-state index in [1.54, 1.807) is 0 Å². The van der Waals surface area contributed by atoms with Crippen LogP contribution >= 0.6 is 0 Å². The predicted octanol–water partition coefficient (Wildman–Crippen LogP) is 2.15. The van der Waals surface area contributed by atoms with Gasteiger partial charge in [-0.1, -0.05) is 12.2 Å². The summed E-state index contributed by atoms with van der Waals surface area (Å²) in [5.41, 5.74) is 5.86. The van der Waals surface area contributed by atoms with E-state index in [-0.39, 0.29) is 0 Å². The summed E-state index contributed by atoms with van der Waals surface area (Å²) in [6.45, 7) is 0. The van der Waals surface area contributed by atoms with Gasteiger partial charge in [-0.15, -0.1) is 0 Å². The quantitative estimate of drug-likeness (QED) is 0.406. The van der Waals surface area contributed by atoms with Crippen LogP contribution in [-0.2, 0) is 0 Å². The molecule has 0 bridgehead atoms. The topological polar surface area (TPSA) is 0 Å². The molecule has 0 saturated heterocycles. The Morgan fingerprint density at radius 1 is 0.875 bits per heavy atom. The van der Waals surface area contributed by atoms with Gasteiger partial charge >= 0.3 is 0 Å². The third kappa shape index (κ3) is 0.135. The predicted molar refractivity (Wildman–Crippen MR) is 34.4 cm³/mol. The monoisotopic (exact) mass is 100 g/mol. The maximum atomic E-state index is 2.22. The van der Waals surface area contributed by atoms with Gasteiger partial charge < -0.3 is 0 Å². The summed E-state index contributed by atoms with van der Waals surface area (Å²) < 4.78 is 0. The molecule has 0 aromatic rings. The van der Waals surface area contributed by atoms with E-state index in [4.69, 9.17) is 0 Å². The Bertz CT molecular complexity index is 279. The second-order valence-corrected chi connectivity index (χ2v) is 2.36. The van der Waals surface area contributed by atoms with Gasteiger partial charge in [0.05, 0.1) is 0 Å². The van der Waals surface area contributed by atoms with Crippen molar-refractivity contribution < 1.29 is 0 Å². The first kappa shape index (κ1) is 3.08. The zero-order chi connectivity index (χ0) is 5.14. The standard InChI is InChI=1S/C8H4/c1-2-6-4-7-3-5(1)8(6)7/h1-4H. The van der Waals surface area contributed by atoms with Crippen molar-refractivity contribution >= 4 is 12.2 Å². The lowest BCUT2D eigenvalue weighted by Gasteiger charge is -2.18. The SMILES string of the molecule is C1=Cc2cc3cc1c2-3. The summed E-state index contributed by atoms with van der Waals surface area (Å²) in [5.74, 6) is 0.